The highest BCUT2D eigenvalue weighted by Gasteiger charge is 2.36. The summed E-state index contributed by atoms with van der Waals surface area (Å²) >= 11 is 0. The van der Waals surface area contributed by atoms with Crippen LogP contribution in [0, 0.1) is 0 Å². The predicted octanol–water partition coefficient (Wildman–Crippen LogP) is 14.3. The molecule has 0 heterocycles. The van der Waals surface area contributed by atoms with Crippen molar-refractivity contribution in [2.75, 3.05) is 4.90 Å². The van der Waals surface area contributed by atoms with Gasteiger partial charge in [0.25, 0.3) is 0 Å². The van der Waals surface area contributed by atoms with Crippen LogP contribution in [0.1, 0.15) is 25.0 Å². The van der Waals surface area contributed by atoms with Crippen molar-refractivity contribution in [2.45, 2.75) is 19.3 Å². The van der Waals surface area contributed by atoms with Crippen LogP contribution in [0.25, 0.3) is 65.7 Å². The first kappa shape index (κ1) is 30.4. The minimum absolute atomic E-state index is 0.109. The molecule has 0 bridgehead atoms. The molecule has 9 aromatic rings. The van der Waals surface area contributed by atoms with Gasteiger partial charge in [-0.15, -0.1) is 0 Å². The topological polar surface area (TPSA) is 3.24 Å². The molecule has 1 aliphatic carbocycles. The molecular formula is C51H37N. The van der Waals surface area contributed by atoms with Crippen molar-refractivity contribution in [1.29, 1.82) is 0 Å². The summed E-state index contributed by atoms with van der Waals surface area (Å²) in [4.78, 5) is 2.47. The van der Waals surface area contributed by atoms with Gasteiger partial charge in [-0.3, -0.25) is 0 Å². The van der Waals surface area contributed by atoms with Gasteiger partial charge >= 0.3 is 0 Å². The minimum atomic E-state index is -0.109. The second-order valence-electron chi connectivity index (χ2n) is 14.6. The van der Waals surface area contributed by atoms with Gasteiger partial charge in [0.05, 0.1) is 5.69 Å². The maximum absolute atomic E-state index is 2.47. The van der Waals surface area contributed by atoms with Gasteiger partial charge in [0.1, 0.15) is 0 Å². The third-order valence-corrected chi connectivity index (χ3v) is 11.2. The summed E-state index contributed by atoms with van der Waals surface area (Å²) < 4.78 is 0. The lowest BCUT2D eigenvalue weighted by Gasteiger charge is -2.30. The van der Waals surface area contributed by atoms with Crippen LogP contribution in [-0.2, 0) is 5.41 Å². The molecule has 0 aromatic heterocycles. The Morgan fingerprint density at radius 1 is 0.346 bits per heavy atom. The van der Waals surface area contributed by atoms with Crippen molar-refractivity contribution in [3.05, 3.63) is 199 Å². The first-order chi connectivity index (χ1) is 25.5. The molecule has 0 spiro atoms. The Bertz CT molecular complexity index is 2830. The fourth-order valence-corrected chi connectivity index (χ4v) is 8.64. The minimum Gasteiger partial charge on any atom is -0.310 e. The van der Waals surface area contributed by atoms with Gasteiger partial charge in [0.15, 0.2) is 0 Å². The summed E-state index contributed by atoms with van der Waals surface area (Å²) in [5.74, 6) is 0. The smallest absolute Gasteiger partial charge is 0.0540 e. The number of fused-ring (bicyclic) bond motifs is 7. The van der Waals surface area contributed by atoms with Crippen LogP contribution in [0.2, 0.25) is 0 Å². The van der Waals surface area contributed by atoms with Crippen LogP contribution in [-0.4, -0.2) is 0 Å². The predicted molar refractivity (Wildman–Crippen MR) is 222 cm³/mol. The van der Waals surface area contributed by atoms with E-state index in [1.807, 2.05) is 0 Å². The Morgan fingerprint density at radius 2 is 0.904 bits per heavy atom. The highest BCUT2D eigenvalue weighted by Crippen LogP contribution is 2.51. The average Bonchev–Trinajstić information content (AvgIpc) is 3.43. The molecule has 9 aromatic carbocycles. The lowest BCUT2D eigenvalue weighted by Crippen LogP contribution is -2.16. The van der Waals surface area contributed by atoms with E-state index >= 15 is 0 Å². The Morgan fingerprint density at radius 3 is 1.77 bits per heavy atom. The summed E-state index contributed by atoms with van der Waals surface area (Å²) in [5, 5.41) is 7.55. The van der Waals surface area contributed by atoms with Gasteiger partial charge in [-0.05, 0) is 108 Å². The van der Waals surface area contributed by atoms with Gasteiger partial charge in [-0.1, -0.05) is 166 Å². The fourth-order valence-electron chi connectivity index (χ4n) is 8.64. The number of hydrogen-bond donors (Lipinski definition) is 0. The molecule has 52 heavy (non-hydrogen) atoms. The van der Waals surface area contributed by atoms with E-state index in [0.717, 1.165) is 17.1 Å². The summed E-state index contributed by atoms with van der Waals surface area (Å²) in [6.07, 6.45) is 0. The Balaban J connectivity index is 1.18. The van der Waals surface area contributed by atoms with Crippen molar-refractivity contribution in [2.24, 2.45) is 0 Å². The normalized spacial score (nSPS) is 13.0. The second kappa shape index (κ2) is 11.8. The zero-order chi connectivity index (χ0) is 34.8. The number of hydrogen-bond acceptors (Lipinski definition) is 1. The van der Waals surface area contributed by atoms with Crippen molar-refractivity contribution in [1.82, 2.24) is 0 Å². The number of nitrogens with zero attached hydrogens (tertiary/aromatic N) is 1. The first-order valence-electron chi connectivity index (χ1n) is 18.2. The van der Waals surface area contributed by atoms with Crippen LogP contribution in [0.3, 0.4) is 0 Å². The monoisotopic (exact) mass is 663 g/mol. The van der Waals surface area contributed by atoms with Crippen LogP contribution in [0.15, 0.2) is 188 Å². The third-order valence-electron chi connectivity index (χ3n) is 11.2. The third kappa shape index (κ3) is 4.77. The molecule has 0 amide bonds. The van der Waals surface area contributed by atoms with Gasteiger partial charge in [0, 0.05) is 22.4 Å². The van der Waals surface area contributed by atoms with E-state index < -0.39 is 0 Å². The fraction of sp³-hybridized carbons (Fsp3) is 0.0588. The molecule has 0 fully saturated rings. The van der Waals surface area contributed by atoms with E-state index in [1.165, 1.54) is 76.8 Å². The Hall–Kier alpha value is -6.44. The molecule has 0 aliphatic heterocycles. The Kier molecular flexibility index (Phi) is 6.91. The van der Waals surface area contributed by atoms with E-state index in [0.29, 0.717) is 0 Å². The molecule has 0 radical (unpaired) electrons. The zero-order valence-corrected chi connectivity index (χ0v) is 29.3. The number of para-hydroxylation sites is 1. The highest BCUT2D eigenvalue weighted by atomic mass is 15.1. The molecule has 0 N–H and O–H groups in total. The lowest BCUT2D eigenvalue weighted by atomic mass is 9.82. The van der Waals surface area contributed by atoms with E-state index in [9.17, 15) is 0 Å². The zero-order valence-electron chi connectivity index (χ0n) is 29.3. The standard InChI is InChI=1S/C51H37N/c1-51(2)48-23-9-7-21-46(48)47-30-28-40(33-49(47)51)52(39-27-29-44-38(32-39)26-25-35-14-4-6-19-42(35)44)50-24-10-8-20-45(50)37-17-11-16-36(31-37)43-22-12-15-34-13-3-5-18-41(34)43/h3-33H,1-2H3. The van der Waals surface area contributed by atoms with E-state index in [-0.39, 0.29) is 5.41 Å². The molecule has 1 heteroatoms. The van der Waals surface area contributed by atoms with Gasteiger partial charge in [-0.25, -0.2) is 0 Å². The Labute approximate surface area is 305 Å². The van der Waals surface area contributed by atoms with Crippen LogP contribution in [0.5, 0.6) is 0 Å². The molecule has 0 saturated heterocycles. The molecule has 0 unspecified atom stereocenters. The molecule has 0 atom stereocenters. The molecule has 10 rings (SSSR count). The van der Waals surface area contributed by atoms with Gasteiger partial charge in [0.2, 0.25) is 0 Å². The van der Waals surface area contributed by atoms with E-state index in [2.05, 4.69) is 207 Å². The summed E-state index contributed by atoms with van der Waals surface area (Å²) in [5.41, 5.74) is 13.6. The summed E-state index contributed by atoms with van der Waals surface area (Å²) in [6.45, 7) is 4.72. The van der Waals surface area contributed by atoms with E-state index in [4.69, 9.17) is 0 Å². The number of rotatable bonds is 5. The number of anilines is 3. The number of benzene rings is 9. The molecular weight excluding hydrogens is 627 g/mol. The quantitative estimate of drug-likeness (QED) is 0.166. The van der Waals surface area contributed by atoms with Crippen molar-refractivity contribution < 1.29 is 0 Å². The SMILES string of the molecule is CC1(C)c2ccccc2-c2ccc(N(c3ccc4c(ccc5ccccc54)c3)c3ccccc3-c3cccc(-c4cccc5ccccc45)c3)cc21. The lowest BCUT2D eigenvalue weighted by molar-refractivity contribution is 0.660. The first-order valence-corrected chi connectivity index (χ1v) is 18.2. The van der Waals surface area contributed by atoms with Crippen molar-refractivity contribution in [3.63, 3.8) is 0 Å². The maximum Gasteiger partial charge on any atom is 0.0540 e. The second-order valence-corrected chi connectivity index (χ2v) is 14.6. The molecule has 0 saturated carbocycles. The highest BCUT2D eigenvalue weighted by molar-refractivity contribution is 6.09. The van der Waals surface area contributed by atoms with Crippen LogP contribution in [0.4, 0.5) is 17.1 Å². The molecule has 1 aliphatic rings. The van der Waals surface area contributed by atoms with Crippen LogP contribution < -0.4 is 4.90 Å². The summed E-state index contributed by atoms with van der Waals surface area (Å²) in [6, 6.07) is 69.3. The van der Waals surface area contributed by atoms with Crippen molar-refractivity contribution in [3.8, 4) is 33.4 Å². The largest absolute Gasteiger partial charge is 0.310 e. The molecule has 246 valence electrons. The van der Waals surface area contributed by atoms with Crippen molar-refractivity contribution >= 4 is 49.4 Å². The van der Waals surface area contributed by atoms with Gasteiger partial charge in [-0.2, -0.15) is 0 Å². The summed E-state index contributed by atoms with van der Waals surface area (Å²) in [7, 11) is 0. The van der Waals surface area contributed by atoms with E-state index in [1.54, 1.807) is 0 Å². The van der Waals surface area contributed by atoms with Crippen LogP contribution >= 0.6 is 0 Å². The maximum atomic E-state index is 2.47. The average molecular weight is 664 g/mol. The van der Waals surface area contributed by atoms with Gasteiger partial charge < -0.3 is 4.90 Å². The molecule has 1 nitrogen and oxygen atoms in total.